The molecule has 0 bridgehead atoms. The van der Waals surface area contributed by atoms with Crippen LogP contribution < -0.4 is 0 Å². The van der Waals surface area contributed by atoms with E-state index in [9.17, 15) is 4.79 Å². The van der Waals surface area contributed by atoms with Gasteiger partial charge in [-0.05, 0) is 12.1 Å². The SMILES string of the molecule is CCC(=O)c1ccc(Cl)s1.Cl. The summed E-state index contributed by atoms with van der Waals surface area (Å²) >= 11 is 6.96. The first-order valence-electron chi connectivity index (χ1n) is 3.02. The third kappa shape index (κ3) is 2.81. The van der Waals surface area contributed by atoms with Gasteiger partial charge in [0.1, 0.15) is 0 Å². The average molecular weight is 211 g/mol. The van der Waals surface area contributed by atoms with Gasteiger partial charge in [0.05, 0.1) is 9.21 Å². The highest BCUT2D eigenvalue weighted by Gasteiger charge is 2.04. The van der Waals surface area contributed by atoms with Gasteiger partial charge in [0.25, 0.3) is 0 Å². The second kappa shape index (κ2) is 4.75. The fourth-order valence-electron chi connectivity index (χ4n) is 0.638. The van der Waals surface area contributed by atoms with Gasteiger partial charge in [-0.2, -0.15) is 0 Å². The minimum atomic E-state index is 0. The number of hydrogen-bond acceptors (Lipinski definition) is 2. The molecule has 0 saturated carbocycles. The van der Waals surface area contributed by atoms with Gasteiger partial charge >= 0.3 is 0 Å². The zero-order valence-corrected chi connectivity index (χ0v) is 8.35. The summed E-state index contributed by atoms with van der Waals surface area (Å²) in [4.78, 5) is 11.7. The van der Waals surface area contributed by atoms with Gasteiger partial charge in [-0.1, -0.05) is 18.5 Å². The van der Waals surface area contributed by atoms with Crippen LogP contribution in [0.1, 0.15) is 23.0 Å². The molecule has 0 unspecified atom stereocenters. The number of rotatable bonds is 2. The van der Waals surface area contributed by atoms with Crippen LogP contribution in [0, 0.1) is 0 Å². The standard InChI is InChI=1S/C7H7ClOS.ClH/c1-2-5(9)6-3-4-7(8)10-6;/h3-4H,2H2,1H3;1H. The van der Waals surface area contributed by atoms with Gasteiger partial charge < -0.3 is 0 Å². The van der Waals surface area contributed by atoms with Crippen LogP contribution >= 0.6 is 35.3 Å². The van der Waals surface area contributed by atoms with E-state index in [2.05, 4.69) is 0 Å². The van der Waals surface area contributed by atoms with Crippen molar-refractivity contribution in [3.63, 3.8) is 0 Å². The van der Waals surface area contributed by atoms with Crippen molar-refractivity contribution in [1.82, 2.24) is 0 Å². The van der Waals surface area contributed by atoms with Crippen LogP contribution in [0.4, 0.5) is 0 Å². The van der Waals surface area contributed by atoms with E-state index in [-0.39, 0.29) is 18.2 Å². The predicted octanol–water partition coefficient (Wildman–Crippen LogP) is 3.42. The van der Waals surface area contributed by atoms with Gasteiger partial charge in [-0.25, -0.2) is 0 Å². The first-order chi connectivity index (χ1) is 4.74. The van der Waals surface area contributed by atoms with E-state index in [1.54, 1.807) is 12.1 Å². The molecule has 0 radical (unpaired) electrons. The molecule has 11 heavy (non-hydrogen) atoms. The van der Waals surface area contributed by atoms with Crippen LogP contribution in [-0.4, -0.2) is 5.78 Å². The molecular weight excluding hydrogens is 203 g/mol. The smallest absolute Gasteiger partial charge is 0.172 e. The van der Waals surface area contributed by atoms with Gasteiger partial charge in [0, 0.05) is 6.42 Å². The molecule has 0 aliphatic heterocycles. The molecule has 0 N–H and O–H groups in total. The molecule has 1 nitrogen and oxygen atoms in total. The van der Waals surface area contributed by atoms with Crippen LogP contribution in [-0.2, 0) is 0 Å². The normalized spacial score (nSPS) is 8.91. The van der Waals surface area contributed by atoms with Crippen molar-refractivity contribution in [2.24, 2.45) is 0 Å². The Bertz CT molecular complexity index is 244. The quantitative estimate of drug-likeness (QED) is 0.685. The number of hydrogen-bond donors (Lipinski definition) is 0. The number of thiophene rings is 1. The van der Waals surface area contributed by atoms with Crippen molar-refractivity contribution >= 4 is 41.1 Å². The molecule has 1 heterocycles. The Kier molecular flexibility index (Phi) is 4.73. The first-order valence-corrected chi connectivity index (χ1v) is 4.22. The molecule has 0 spiro atoms. The third-order valence-electron chi connectivity index (χ3n) is 1.17. The Balaban J connectivity index is 0.000001000. The molecule has 0 amide bonds. The van der Waals surface area contributed by atoms with Crippen molar-refractivity contribution in [2.75, 3.05) is 0 Å². The number of halogens is 2. The molecule has 0 aliphatic rings. The molecule has 0 aromatic carbocycles. The van der Waals surface area contributed by atoms with E-state index in [1.165, 1.54) is 11.3 Å². The molecule has 0 aliphatic carbocycles. The minimum Gasteiger partial charge on any atom is -0.293 e. The molecule has 4 heteroatoms. The van der Waals surface area contributed by atoms with Crippen molar-refractivity contribution in [3.8, 4) is 0 Å². The zero-order chi connectivity index (χ0) is 7.56. The topological polar surface area (TPSA) is 17.1 Å². The summed E-state index contributed by atoms with van der Waals surface area (Å²) in [5, 5.41) is 0. The molecule has 0 saturated heterocycles. The van der Waals surface area contributed by atoms with E-state index < -0.39 is 0 Å². The number of Topliss-reactive ketones (excluding diaryl/α,β-unsaturated/α-hetero) is 1. The molecule has 1 aromatic heterocycles. The Morgan fingerprint density at radius 2 is 2.27 bits per heavy atom. The van der Waals surface area contributed by atoms with E-state index in [0.29, 0.717) is 10.8 Å². The Labute approximate surface area is 80.8 Å². The lowest BCUT2D eigenvalue weighted by molar-refractivity contribution is 0.0992. The van der Waals surface area contributed by atoms with Gasteiger partial charge in [0.2, 0.25) is 0 Å². The van der Waals surface area contributed by atoms with Crippen molar-refractivity contribution in [2.45, 2.75) is 13.3 Å². The van der Waals surface area contributed by atoms with E-state index in [0.717, 1.165) is 4.88 Å². The molecule has 62 valence electrons. The molecule has 0 atom stereocenters. The monoisotopic (exact) mass is 210 g/mol. The van der Waals surface area contributed by atoms with Crippen LogP contribution in [0.2, 0.25) is 4.34 Å². The second-order valence-electron chi connectivity index (χ2n) is 1.88. The second-order valence-corrected chi connectivity index (χ2v) is 3.60. The van der Waals surface area contributed by atoms with E-state index in [4.69, 9.17) is 11.6 Å². The largest absolute Gasteiger partial charge is 0.293 e. The number of carbonyl (C=O) groups is 1. The van der Waals surface area contributed by atoms with E-state index >= 15 is 0 Å². The first kappa shape index (κ1) is 11.0. The summed E-state index contributed by atoms with van der Waals surface area (Å²) < 4.78 is 0.678. The summed E-state index contributed by atoms with van der Waals surface area (Å²) in [5.41, 5.74) is 0. The highest BCUT2D eigenvalue weighted by Crippen LogP contribution is 2.22. The molecular formula is C7H8Cl2OS. The maximum atomic E-state index is 11.0. The minimum absolute atomic E-state index is 0. The van der Waals surface area contributed by atoms with Crippen molar-refractivity contribution < 1.29 is 4.79 Å². The fourth-order valence-corrected chi connectivity index (χ4v) is 1.69. The summed E-state index contributed by atoms with van der Waals surface area (Å²) in [5.74, 6) is 0.164. The average Bonchev–Trinajstić information content (AvgIpc) is 2.34. The molecule has 0 fully saturated rings. The zero-order valence-electron chi connectivity index (χ0n) is 5.96. The summed E-state index contributed by atoms with van der Waals surface area (Å²) in [6.07, 6.45) is 0.552. The summed E-state index contributed by atoms with van der Waals surface area (Å²) in [6, 6.07) is 3.51. The van der Waals surface area contributed by atoms with Crippen LogP contribution in [0.5, 0.6) is 0 Å². The number of ketones is 1. The highest BCUT2D eigenvalue weighted by atomic mass is 35.5. The van der Waals surface area contributed by atoms with Crippen LogP contribution in [0.3, 0.4) is 0 Å². The lowest BCUT2D eigenvalue weighted by atomic mass is 10.3. The van der Waals surface area contributed by atoms with E-state index in [1.807, 2.05) is 6.92 Å². The Hall–Kier alpha value is -0.0500. The summed E-state index contributed by atoms with van der Waals surface area (Å²) in [7, 11) is 0. The third-order valence-corrected chi connectivity index (χ3v) is 2.44. The fraction of sp³-hybridized carbons (Fsp3) is 0.286. The lowest BCUT2D eigenvalue weighted by Crippen LogP contribution is -1.90. The predicted molar refractivity (Wildman–Crippen MR) is 51.2 cm³/mol. The van der Waals surface area contributed by atoms with Crippen molar-refractivity contribution in [3.05, 3.63) is 21.3 Å². The maximum Gasteiger partial charge on any atom is 0.172 e. The Morgan fingerprint density at radius 3 is 2.64 bits per heavy atom. The summed E-state index contributed by atoms with van der Waals surface area (Å²) in [6.45, 7) is 1.84. The molecule has 1 rings (SSSR count). The highest BCUT2D eigenvalue weighted by molar-refractivity contribution is 7.18. The number of carbonyl (C=O) groups excluding carboxylic acids is 1. The van der Waals surface area contributed by atoms with Crippen molar-refractivity contribution in [1.29, 1.82) is 0 Å². The van der Waals surface area contributed by atoms with Gasteiger partial charge in [0.15, 0.2) is 5.78 Å². The van der Waals surface area contributed by atoms with Gasteiger partial charge in [-0.15, -0.1) is 23.7 Å². The lowest BCUT2D eigenvalue weighted by Gasteiger charge is -1.86. The Morgan fingerprint density at radius 1 is 1.64 bits per heavy atom. The van der Waals surface area contributed by atoms with Crippen LogP contribution in [0.25, 0.3) is 0 Å². The maximum absolute atomic E-state index is 11.0. The van der Waals surface area contributed by atoms with Gasteiger partial charge in [-0.3, -0.25) is 4.79 Å². The molecule has 1 aromatic rings. The van der Waals surface area contributed by atoms with Crippen LogP contribution in [0.15, 0.2) is 12.1 Å².